The van der Waals surface area contributed by atoms with Gasteiger partial charge in [0.05, 0.1) is 0 Å². The summed E-state index contributed by atoms with van der Waals surface area (Å²) >= 11 is 1.90. The fourth-order valence-corrected chi connectivity index (χ4v) is 5.56. The molecule has 0 saturated heterocycles. The first-order valence-corrected chi connectivity index (χ1v) is 10.3. The van der Waals surface area contributed by atoms with E-state index in [-0.39, 0.29) is 0 Å². The van der Waals surface area contributed by atoms with Crippen molar-refractivity contribution < 1.29 is 0 Å². The lowest BCUT2D eigenvalue weighted by Crippen LogP contribution is -1.80. The van der Waals surface area contributed by atoms with Crippen molar-refractivity contribution in [2.24, 2.45) is 0 Å². The van der Waals surface area contributed by atoms with Crippen molar-refractivity contribution in [1.82, 2.24) is 4.98 Å². The molecule has 0 unspecified atom stereocenters. The van der Waals surface area contributed by atoms with Crippen LogP contribution in [0.15, 0.2) is 97.1 Å². The van der Waals surface area contributed by atoms with Crippen LogP contribution in [0.2, 0.25) is 0 Å². The molecular weight excluding hydrogens is 358 g/mol. The smallest absolute Gasteiger partial charge is 0.0479 e. The van der Waals surface area contributed by atoms with Crippen LogP contribution >= 0.6 is 11.3 Å². The molecule has 132 valence electrons. The Hall–Kier alpha value is -3.36. The van der Waals surface area contributed by atoms with Crippen molar-refractivity contribution in [3.05, 3.63) is 97.1 Å². The molecule has 0 spiro atoms. The first kappa shape index (κ1) is 15.7. The van der Waals surface area contributed by atoms with Gasteiger partial charge >= 0.3 is 0 Å². The number of fused-ring (bicyclic) bond motifs is 5. The van der Waals surface area contributed by atoms with E-state index in [4.69, 9.17) is 0 Å². The Morgan fingerprint density at radius 1 is 0.536 bits per heavy atom. The van der Waals surface area contributed by atoms with Gasteiger partial charge in [-0.3, -0.25) is 0 Å². The van der Waals surface area contributed by atoms with E-state index in [0.717, 1.165) is 0 Å². The van der Waals surface area contributed by atoms with Crippen molar-refractivity contribution in [2.45, 2.75) is 0 Å². The van der Waals surface area contributed by atoms with Gasteiger partial charge in [0.15, 0.2) is 0 Å². The van der Waals surface area contributed by atoms with Gasteiger partial charge in [-0.2, -0.15) is 0 Å². The van der Waals surface area contributed by atoms with Gasteiger partial charge in [-0.05, 0) is 23.3 Å². The fraction of sp³-hybridized carbons (Fsp3) is 0. The van der Waals surface area contributed by atoms with Crippen molar-refractivity contribution in [3.63, 3.8) is 0 Å². The third-order valence-electron chi connectivity index (χ3n) is 5.42. The lowest BCUT2D eigenvalue weighted by atomic mass is 9.98. The number of H-pyrrole nitrogens is 1. The average Bonchev–Trinajstić information content (AvgIpc) is 3.33. The van der Waals surface area contributed by atoms with E-state index in [0.29, 0.717) is 0 Å². The molecule has 28 heavy (non-hydrogen) atoms. The lowest BCUT2D eigenvalue weighted by Gasteiger charge is -2.05. The third kappa shape index (κ3) is 2.25. The molecule has 0 radical (unpaired) electrons. The van der Waals surface area contributed by atoms with Crippen LogP contribution < -0.4 is 0 Å². The topological polar surface area (TPSA) is 15.8 Å². The van der Waals surface area contributed by atoms with Crippen LogP contribution in [0.5, 0.6) is 0 Å². The summed E-state index contributed by atoms with van der Waals surface area (Å²) < 4.78 is 1.35. The second-order valence-corrected chi connectivity index (χ2v) is 8.09. The minimum absolute atomic E-state index is 1.20. The highest BCUT2D eigenvalue weighted by Gasteiger charge is 2.18. The van der Waals surface area contributed by atoms with Crippen molar-refractivity contribution in [3.8, 4) is 21.6 Å². The third-order valence-corrected chi connectivity index (χ3v) is 6.69. The Morgan fingerprint density at radius 2 is 1.21 bits per heavy atom. The Labute approximate surface area is 166 Å². The largest absolute Gasteiger partial charge is 0.354 e. The molecule has 0 saturated carbocycles. The monoisotopic (exact) mass is 375 g/mol. The quantitative estimate of drug-likeness (QED) is 0.317. The number of thiophene rings is 1. The zero-order chi connectivity index (χ0) is 18.5. The average molecular weight is 375 g/mol. The predicted octanol–water partition coefficient (Wildman–Crippen LogP) is 7.87. The van der Waals surface area contributed by atoms with E-state index in [1.165, 1.54) is 53.5 Å². The summed E-state index contributed by atoms with van der Waals surface area (Å²) in [6.45, 7) is 0. The second kappa shape index (κ2) is 6.08. The van der Waals surface area contributed by atoms with Crippen LogP contribution in [-0.2, 0) is 0 Å². The highest BCUT2D eigenvalue weighted by molar-refractivity contribution is 7.24. The number of para-hydroxylation sites is 1. The minimum Gasteiger partial charge on any atom is -0.354 e. The molecule has 0 fully saturated rings. The molecule has 1 nitrogen and oxygen atoms in total. The van der Waals surface area contributed by atoms with Gasteiger partial charge in [0.25, 0.3) is 0 Å². The summed E-state index contributed by atoms with van der Waals surface area (Å²) in [7, 11) is 0. The number of aromatic nitrogens is 1. The molecule has 6 rings (SSSR count). The van der Waals surface area contributed by atoms with Crippen LogP contribution in [0.4, 0.5) is 0 Å². The standard InChI is InChI=1S/C26H17NS/c1-3-9-17(10-4-1)23-20-15-16-22-24(19-13-7-8-14-21(19)27-22)26(20)28-25(23)18-11-5-2-6-12-18/h1-16,27H. The normalized spacial score (nSPS) is 11.6. The Bertz CT molecular complexity index is 1440. The van der Waals surface area contributed by atoms with Crippen LogP contribution in [-0.4, -0.2) is 4.98 Å². The van der Waals surface area contributed by atoms with Gasteiger partial charge in [-0.1, -0.05) is 84.9 Å². The summed E-state index contributed by atoms with van der Waals surface area (Å²) in [5.74, 6) is 0. The maximum atomic E-state index is 3.59. The summed E-state index contributed by atoms with van der Waals surface area (Å²) in [6, 6.07) is 34.6. The summed E-state index contributed by atoms with van der Waals surface area (Å²) in [4.78, 5) is 4.92. The molecule has 4 aromatic carbocycles. The summed E-state index contributed by atoms with van der Waals surface area (Å²) in [6.07, 6.45) is 0. The number of hydrogen-bond donors (Lipinski definition) is 1. The van der Waals surface area contributed by atoms with E-state index >= 15 is 0 Å². The molecule has 1 N–H and O–H groups in total. The molecule has 0 bridgehead atoms. The molecule has 0 aliphatic rings. The summed E-state index contributed by atoms with van der Waals surface area (Å²) in [5, 5.41) is 3.95. The number of benzene rings is 4. The van der Waals surface area contributed by atoms with Crippen LogP contribution in [0.3, 0.4) is 0 Å². The zero-order valence-corrected chi connectivity index (χ0v) is 16.0. The van der Waals surface area contributed by atoms with Gasteiger partial charge in [0.2, 0.25) is 0 Å². The van der Waals surface area contributed by atoms with E-state index < -0.39 is 0 Å². The van der Waals surface area contributed by atoms with Gasteiger partial charge in [-0.25, -0.2) is 0 Å². The molecule has 2 aromatic heterocycles. The van der Waals surface area contributed by atoms with E-state index in [1.807, 2.05) is 11.3 Å². The van der Waals surface area contributed by atoms with Crippen molar-refractivity contribution >= 4 is 43.2 Å². The highest BCUT2D eigenvalue weighted by atomic mass is 32.1. The summed E-state index contributed by atoms with van der Waals surface area (Å²) in [5.41, 5.74) is 6.27. The maximum Gasteiger partial charge on any atom is 0.0479 e. The lowest BCUT2D eigenvalue weighted by molar-refractivity contribution is 1.55. The first-order valence-electron chi connectivity index (χ1n) is 9.47. The zero-order valence-electron chi connectivity index (χ0n) is 15.1. The maximum absolute atomic E-state index is 3.59. The van der Waals surface area contributed by atoms with Crippen LogP contribution in [0.1, 0.15) is 0 Å². The number of aromatic amines is 1. The first-order chi connectivity index (χ1) is 13.9. The second-order valence-electron chi connectivity index (χ2n) is 7.07. The Balaban J connectivity index is 1.80. The molecule has 0 amide bonds. The number of nitrogens with one attached hydrogen (secondary N) is 1. The number of hydrogen-bond acceptors (Lipinski definition) is 1. The molecular formula is C26H17NS. The van der Waals surface area contributed by atoms with E-state index in [9.17, 15) is 0 Å². The van der Waals surface area contributed by atoms with E-state index in [1.54, 1.807) is 0 Å². The van der Waals surface area contributed by atoms with Crippen molar-refractivity contribution in [2.75, 3.05) is 0 Å². The molecule has 0 aliphatic heterocycles. The Kier molecular flexibility index (Phi) is 3.40. The molecule has 2 heterocycles. The van der Waals surface area contributed by atoms with Gasteiger partial charge < -0.3 is 4.98 Å². The fourth-order valence-electron chi connectivity index (χ4n) is 4.17. The predicted molar refractivity (Wildman–Crippen MR) is 122 cm³/mol. The Morgan fingerprint density at radius 3 is 2.00 bits per heavy atom. The van der Waals surface area contributed by atoms with Gasteiger partial charge in [-0.15, -0.1) is 11.3 Å². The molecule has 2 heteroatoms. The molecule has 6 aromatic rings. The minimum atomic E-state index is 1.20. The van der Waals surface area contributed by atoms with Crippen LogP contribution in [0.25, 0.3) is 53.5 Å². The van der Waals surface area contributed by atoms with Crippen LogP contribution in [0, 0.1) is 0 Å². The SMILES string of the molecule is c1ccc(-c2sc3c(ccc4[nH]c5ccccc5c43)c2-c2ccccc2)cc1. The van der Waals surface area contributed by atoms with E-state index in [2.05, 4.69) is 102 Å². The van der Waals surface area contributed by atoms with Gasteiger partial charge in [0.1, 0.15) is 0 Å². The van der Waals surface area contributed by atoms with Crippen molar-refractivity contribution in [1.29, 1.82) is 0 Å². The number of rotatable bonds is 2. The van der Waals surface area contributed by atoms with Gasteiger partial charge in [0, 0.05) is 42.3 Å². The highest BCUT2D eigenvalue weighted by Crippen LogP contribution is 2.48. The molecule has 0 aliphatic carbocycles. The molecule has 0 atom stereocenters.